The van der Waals surface area contributed by atoms with Gasteiger partial charge >= 0.3 is 6.18 Å². The quantitative estimate of drug-likeness (QED) is 0.296. The van der Waals surface area contributed by atoms with Crippen molar-refractivity contribution >= 4 is 23.0 Å². The fourth-order valence-electron chi connectivity index (χ4n) is 0.949. The first-order chi connectivity index (χ1) is 8.25. The lowest BCUT2D eigenvalue weighted by Crippen LogP contribution is -2.16. The highest BCUT2D eigenvalue weighted by atomic mass is 32.1. The van der Waals surface area contributed by atoms with E-state index < -0.39 is 23.6 Å². The van der Waals surface area contributed by atoms with E-state index in [2.05, 4.69) is 0 Å². The van der Waals surface area contributed by atoms with Crippen LogP contribution in [0, 0.1) is 5.41 Å². The summed E-state index contributed by atoms with van der Waals surface area (Å²) in [5.74, 6) is -2.72. The Hall–Kier alpha value is -1.87. The molecule has 5 nitrogen and oxygen atoms in total. The van der Waals surface area contributed by atoms with Crippen LogP contribution in [0.1, 0.15) is 14.5 Å². The minimum Gasteiger partial charge on any atom is -0.504 e. The van der Waals surface area contributed by atoms with Crippen molar-refractivity contribution in [2.45, 2.75) is 6.18 Å². The molecule has 0 bridgehead atoms. The van der Waals surface area contributed by atoms with Crippen LogP contribution >= 0.6 is 11.3 Å². The first kappa shape index (κ1) is 14.2. The number of thiophene rings is 1. The zero-order valence-corrected chi connectivity index (χ0v) is 9.39. The zero-order valence-electron chi connectivity index (χ0n) is 8.58. The predicted octanol–water partition coefficient (Wildman–Crippen LogP) is 2.24. The molecule has 0 fully saturated rings. The lowest BCUT2D eigenvalue weighted by molar-refractivity contribution is -0.120. The van der Waals surface area contributed by atoms with E-state index >= 15 is 0 Å². The number of hydroxylamine groups is 1. The third-order valence-corrected chi connectivity index (χ3v) is 2.89. The molecular formula is C9H7F3N2O3S. The van der Waals surface area contributed by atoms with Gasteiger partial charge in [-0.3, -0.25) is 15.4 Å². The molecule has 0 aliphatic rings. The number of amides is 1. The van der Waals surface area contributed by atoms with Gasteiger partial charge in [0.05, 0.1) is 15.5 Å². The maximum atomic E-state index is 12.0. The molecule has 1 aromatic rings. The van der Waals surface area contributed by atoms with E-state index in [0.29, 0.717) is 11.3 Å². The predicted molar refractivity (Wildman–Crippen MR) is 57.2 cm³/mol. The first-order valence-electron chi connectivity index (χ1n) is 4.36. The minimum absolute atomic E-state index is 0.0251. The van der Waals surface area contributed by atoms with E-state index in [-0.39, 0.29) is 15.8 Å². The van der Waals surface area contributed by atoms with Crippen LogP contribution in [-0.2, 0) is 0 Å². The second kappa shape index (κ2) is 5.19. The van der Waals surface area contributed by atoms with Gasteiger partial charge in [-0.25, -0.2) is 5.48 Å². The highest BCUT2D eigenvalue weighted by molar-refractivity contribution is 7.16. The number of alkyl halides is 3. The number of nitrogens with one attached hydrogen (secondary N) is 2. The van der Waals surface area contributed by atoms with Crippen LogP contribution in [0.15, 0.2) is 24.0 Å². The molecule has 1 amide bonds. The van der Waals surface area contributed by atoms with Crippen LogP contribution in [0.5, 0.6) is 0 Å². The van der Waals surface area contributed by atoms with Crippen molar-refractivity contribution in [1.29, 1.82) is 5.41 Å². The molecule has 18 heavy (non-hydrogen) atoms. The molecule has 0 aliphatic carbocycles. The van der Waals surface area contributed by atoms with Crippen LogP contribution in [-0.4, -0.2) is 28.1 Å². The summed E-state index contributed by atoms with van der Waals surface area (Å²) in [5.41, 5.74) is 0.764. The number of rotatable bonds is 3. The molecule has 1 heterocycles. The Kier molecular flexibility index (Phi) is 4.09. The Morgan fingerprint density at radius 3 is 2.44 bits per heavy atom. The largest absolute Gasteiger partial charge is 0.504 e. The van der Waals surface area contributed by atoms with Crippen molar-refractivity contribution in [3.8, 4) is 0 Å². The van der Waals surface area contributed by atoms with E-state index in [0.717, 1.165) is 0 Å². The van der Waals surface area contributed by atoms with Crippen molar-refractivity contribution in [2.75, 3.05) is 0 Å². The van der Waals surface area contributed by atoms with Gasteiger partial charge in [0.15, 0.2) is 5.76 Å². The molecule has 0 unspecified atom stereocenters. The molecule has 0 saturated heterocycles. The van der Waals surface area contributed by atoms with Gasteiger partial charge in [-0.05, 0) is 12.1 Å². The summed E-state index contributed by atoms with van der Waals surface area (Å²) in [6.45, 7) is 0. The lowest BCUT2D eigenvalue weighted by atomic mass is 10.2. The van der Waals surface area contributed by atoms with Crippen molar-refractivity contribution in [1.82, 2.24) is 5.48 Å². The molecule has 4 N–H and O–H groups in total. The van der Waals surface area contributed by atoms with E-state index in [1.54, 1.807) is 0 Å². The summed E-state index contributed by atoms with van der Waals surface area (Å²) in [6.07, 6.45) is -4.68. The number of carbonyl (C=O) groups is 1. The van der Waals surface area contributed by atoms with E-state index in [1.807, 2.05) is 0 Å². The first-order valence-corrected chi connectivity index (χ1v) is 5.18. The Bertz CT molecular complexity index is 507. The highest BCUT2D eigenvalue weighted by Crippen LogP contribution is 2.24. The average molecular weight is 280 g/mol. The van der Waals surface area contributed by atoms with Gasteiger partial charge in [0, 0.05) is 6.08 Å². The number of carbonyl (C=O) groups excluding carboxylic acids is 1. The van der Waals surface area contributed by atoms with Crippen LogP contribution in [0.4, 0.5) is 13.2 Å². The number of aliphatic hydroxyl groups excluding tert-OH is 1. The maximum Gasteiger partial charge on any atom is 0.448 e. The summed E-state index contributed by atoms with van der Waals surface area (Å²) < 4.78 is 36.0. The second-order valence-electron chi connectivity index (χ2n) is 3.05. The molecule has 1 aromatic heterocycles. The van der Waals surface area contributed by atoms with Gasteiger partial charge in [0.1, 0.15) is 0 Å². The van der Waals surface area contributed by atoms with Gasteiger partial charge in [0.2, 0.25) is 0 Å². The third kappa shape index (κ3) is 3.31. The van der Waals surface area contributed by atoms with Gasteiger partial charge in [-0.2, -0.15) is 13.2 Å². The Morgan fingerprint density at radius 1 is 1.39 bits per heavy atom. The van der Waals surface area contributed by atoms with Gasteiger partial charge in [-0.1, -0.05) is 0 Å². The fourth-order valence-corrected chi connectivity index (χ4v) is 1.77. The summed E-state index contributed by atoms with van der Waals surface area (Å²) in [5, 5.41) is 24.3. The topological polar surface area (TPSA) is 93.4 Å². The van der Waals surface area contributed by atoms with Gasteiger partial charge in [0.25, 0.3) is 5.91 Å². The van der Waals surface area contributed by atoms with E-state index in [9.17, 15) is 18.0 Å². The van der Waals surface area contributed by atoms with E-state index in [1.165, 1.54) is 17.6 Å². The molecule has 1 rings (SSSR count). The Labute approximate surface area is 103 Å². The van der Waals surface area contributed by atoms with Crippen molar-refractivity contribution in [3.05, 3.63) is 33.7 Å². The van der Waals surface area contributed by atoms with Crippen LogP contribution in [0.25, 0.3) is 0 Å². The number of aliphatic hydroxyl groups is 1. The average Bonchev–Trinajstić information content (AvgIpc) is 2.75. The summed E-state index contributed by atoms with van der Waals surface area (Å²) in [6, 6.07) is 2.47. The molecule has 0 radical (unpaired) electrons. The Balaban J connectivity index is 2.93. The Morgan fingerprint density at radius 2 is 1.94 bits per heavy atom. The van der Waals surface area contributed by atoms with Crippen LogP contribution in [0.2, 0.25) is 0 Å². The van der Waals surface area contributed by atoms with Crippen molar-refractivity contribution in [2.24, 2.45) is 0 Å². The summed E-state index contributed by atoms with van der Waals surface area (Å²) in [7, 11) is 0. The number of hydrogen-bond donors (Lipinski definition) is 4. The molecule has 9 heteroatoms. The molecule has 0 aromatic carbocycles. The standard InChI is InChI=1S/C9H7F3N2O3S/c10-9(11,12)7(15)3-4(13)5-1-2-6(18-5)8(16)14-17/h1-3,13,15,17H,(H,14,16)/b7-3-,13-4?. The van der Waals surface area contributed by atoms with E-state index in [4.69, 9.17) is 15.7 Å². The maximum absolute atomic E-state index is 12.0. The SMILES string of the molecule is N=C(/C=C(\O)C(F)(F)F)c1ccc(C(=O)NO)s1. The highest BCUT2D eigenvalue weighted by Gasteiger charge is 2.34. The second-order valence-corrected chi connectivity index (χ2v) is 4.13. The normalized spacial score (nSPS) is 12.3. The van der Waals surface area contributed by atoms with Crippen LogP contribution in [0.3, 0.4) is 0 Å². The van der Waals surface area contributed by atoms with Crippen LogP contribution < -0.4 is 5.48 Å². The van der Waals surface area contributed by atoms with Crippen molar-refractivity contribution < 1.29 is 28.3 Å². The van der Waals surface area contributed by atoms with Gasteiger partial charge in [-0.15, -0.1) is 11.3 Å². The van der Waals surface area contributed by atoms with Crippen molar-refractivity contribution in [3.63, 3.8) is 0 Å². The molecule has 98 valence electrons. The summed E-state index contributed by atoms with van der Waals surface area (Å²) >= 11 is 0.707. The number of hydrogen-bond acceptors (Lipinski definition) is 5. The third-order valence-electron chi connectivity index (χ3n) is 1.77. The molecule has 0 saturated carbocycles. The number of halogens is 3. The molecular weight excluding hydrogens is 273 g/mol. The smallest absolute Gasteiger partial charge is 0.448 e. The molecule has 0 atom stereocenters. The lowest BCUT2D eigenvalue weighted by Gasteiger charge is -2.04. The number of allylic oxidation sites excluding steroid dienone is 2. The summed E-state index contributed by atoms with van der Waals surface area (Å²) in [4.78, 5) is 11.0. The zero-order chi connectivity index (χ0) is 13.9. The van der Waals surface area contributed by atoms with Gasteiger partial charge < -0.3 is 5.11 Å². The molecule has 0 spiro atoms. The minimum atomic E-state index is -4.92. The molecule has 0 aliphatic heterocycles. The fraction of sp³-hybridized carbons (Fsp3) is 0.111. The monoisotopic (exact) mass is 280 g/mol.